The molecule has 25 heavy (non-hydrogen) atoms. The summed E-state index contributed by atoms with van der Waals surface area (Å²) in [6.07, 6.45) is 1.55. The summed E-state index contributed by atoms with van der Waals surface area (Å²) in [7, 11) is 0. The number of carbonyl (C=O) groups is 1. The molecule has 0 atom stereocenters. The van der Waals surface area contributed by atoms with Gasteiger partial charge in [-0.3, -0.25) is 4.79 Å². The first-order chi connectivity index (χ1) is 12.1. The van der Waals surface area contributed by atoms with E-state index in [4.69, 9.17) is 0 Å². The molecule has 1 saturated heterocycles. The number of hydrogen-bond donors (Lipinski definition) is 2. The zero-order valence-corrected chi connectivity index (χ0v) is 14.6. The number of amides is 1. The number of aromatic amines is 1. The van der Waals surface area contributed by atoms with Crippen molar-refractivity contribution in [3.8, 4) is 0 Å². The van der Waals surface area contributed by atoms with Crippen LogP contribution in [0.2, 0.25) is 0 Å². The summed E-state index contributed by atoms with van der Waals surface area (Å²) < 4.78 is 0. The van der Waals surface area contributed by atoms with Crippen molar-refractivity contribution in [3.05, 3.63) is 53.3 Å². The molecule has 0 saturated carbocycles. The summed E-state index contributed by atoms with van der Waals surface area (Å²) in [6, 6.07) is 12.4. The lowest BCUT2D eigenvalue weighted by Gasteiger charge is -2.18. The summed E-state index contributed by atoms with van der Waals surface area (Å²) in [4.78, 5) is 21.9. The third kappa shape index (κ3) is 2.97. The van der Waals surface area contributed by atoms with Crippen LogP contribution < -0.4 is 10.2 Å². The van der Waals surface area contributed by atoms with Crippen molar-refractivity contribution in [1.82, 2.24) is 9.97 Å². The SMILES string of the molecule is Cc1nc2c(NCc3ccccc3C)cc(N3CCCC3=O)cc2[nH]1. The van der Waals surface area contributed by atoms with Gasteiger partial charge in [0.25, 0.3) is 0 Å². The largest absolute Gasteiger partial charge is 0.379 e. The molecule has 4 rings (SSSR count). The molecule has 0 bridgehead atoms. The number of imidazole rings is 1. The van der Waals surface area contributed by atoms with Crippen LogP contribution in [0.3, 0.4) is 0 Å². The van der Waals surface area contributed by atoms with Crippen molar-refractivity contribution in [1.29, 1.82) is 0 Å². The molecule has 2 aromatic carbocycles. The molecule has 1 aromatic heterocycles. The van der Waals surface area contributed by atoms with E-state index in [9.17, 15) is 4.79 Å². The number of aryl methyl sites for hydroxylation is 2. The minimum absolute atomic E-state index is 0.195. The maximum atomic E-state index is 12.1. The fourth-order valence-corrected chi connectivity index (χ4v) is 3.44. The number of rotatable bonds is 4. The maximum absolute atomic E-state index is 12.1. The van der Waals surface area contributed by atoms with Gasteiger partial charge in [-0.05, 0) is 43.5 Å². The number of nitrogens with one attached hydrogen (secondary N) is 2. The van der Waals surface area contributed by atoms with Crippen molar-refractivity contribution in [2.75, 3.05) is 16.8 Å². The second-order valence-electron chi connectivity index (χ2n) is 6.64. The Hall–Kier alpha value is -2.82. The van der Waals surface area contributed by atoms with Gasteiger partial charge < -0.3 is 15.2 Å². The topological polar surface area (TPSA) is 61.0 Å². The Morgan fingerprint density at radius 2 is 2.08 bits per heavy atom. The second kappa shape index (κ2) is 6.24. The molecule has 5 heteroatoms. The van der Waals surface area contributed by atoms with Gasteiger partial charge in [0.2, 0.25) is 5.91 Å². The zero-order chi connectivity index (χ0) is 17.4. The predicted octanol–water partition coefficient (Wildman–Crippen LogP) is 3.92. The highest BCUT2D eigenvalue weighted by Gasteiger charge is 2.23. The van der Waals surface area contributed by atoms with Gasteiger partial charge in [-0.25, -0.2) is 4.98 Å². The third-order valence-corrected chi connectivity index (χ3v) is 4.81. The highest BCUT2D eigenvalue weighted by atomic mass is 16.2. The summed E-state index contributed by atoms with van der Waals surface area (Å²) in [5, 5.41) is 3.52. The average Bonchev–Trinajstić information content (AvgIpc) is 3.18. The number of H-pyrrole nitrogens is 1. The molecule has 5 nitrogen and oxygen atoms in total. The Balaban J connectivity index is 1.71. The minimum Gasteiger partial charge on any atom is -0.379 e. The third-order valence-electron chi connectivity index (χ3n) is 4.81. The Morgan fingerprint density at radius 3 is 2.84 bits per heavy atom. The fraction of sp³-hybridized carbons (Fsp3) is 0.300. The minimum atomic E-state index is 0.195. The molecule has 0 unspecified atom stereocenters. The summed E-state index contributed by atoms with van der Waals surface area (Å²) >= 11 is 0. The Morgan fingerprint density at radius 1 is 1.24 bits per heavy atom. The molecule has 0 radical (unpaired) electrons. The Bertz CT molecular complexity index is 944. The van der Waals surface area contributed by atoms with Gasteiger partial charge in [0.1, 0.15) is 11.3 Å². The van der Waals surface area contributed by atoms with Crippen LogP contribution in [-0.4, -0.2) is 22.4 Å². The molecule has 1 amide bonds. The van der Waals surface area contributed by atoms with Crippen LogP contribution in [0, 0.1) is 13.8 Å². The molecule has 3 aromatic rings. The van der Waals surface area contributed by atoms with E-state index in [1.165, 1.54) is 11.1 Å². The van der Waals surface area contributed by atoms with E-state index in [0.29, 0.717) is 6.42 Å². The number of carbonyl (C=O) groups excluding carboxylic acids is 1. The number of fused-ring (bicyclic) bond motifs is 1. The number of anilines is 2. The molecule has 0 spiro atoms. The normalized spacial score (nSPS) is 14.5. The lowest BCUT2D eigenvalue weighted by molar-refractivity contribution is -0.117. The standard InChI is InChI=1S/C20H22N4O/c1-13-6-3-4-7-15(13)12-21-17-10-16(24-9-5-8-19(24)25)11-18-20(17)23-14(2)22-18/h3-4,6-7,10-11,21H,5,8-9,12H2,1-2H3,(H,22,23). The second-order valence-corrected chi connectivity index (χ2v) is 6.64. The predicted molar refractivity (Wildman–Crippen MR) is 101 cm³/mol. The Kier molecular flexibility index (Phi) is 3.92. The maximum Gasteiger partial charge on any atom is 0.227 e. The van der Waals surface area contributed by atoms with Crippen LogP contribution in [0.4, 0.5) is 11.4 Å². The van der Waals surface area contributed by atoms with Crippen molar-refractivity contribution >= 4 is 28.3 Å². The molecule has 2 N–H and O–H groups in total. The van der Waals surface area contributed by atoms with Gasteiger partial charge in [-0.2, -0.15) is 0 Å². The summed E-state index contributed by atoms with van der Waals surface area (Å²) in [5.41, 5.74) is 6.29. The van der Waals surface area contributed by atoms with Crippen molar-refractivity contribution in [3.63, 3.8) is 0 Å². The molecule has 0 aliphatic carbocycles. The molecule has 1 fully saturated rings. The van der Waals surface area contributed by atoms with E-state index in [0.717, 1.165) is 47.7 Å². The van der Waals surface area contributed by atoms with E-state index in [2.05, 4.69) is 40.4 Å². The van der Waals surface area contributed by atoms with E-state index >= 15 is 0 Å². The molecular weight excluding hydrogens is 312 g/mol. The van der Waals surface area contributed by atoms with Crippen LogP contribution in [0.15, 0.2) is 36.4 Å². The number of hydrogen-bond acceptors (Lipinski definition) is 3. The highest BCUT2D eigenvalue weighted by molar-refractivity contribution is 6.00. The van der Waals surface area contributed by atoms with E-state index in [-0.39, 0.29) is 5.91 Å². The van der Waals surface area contributed by atoms with E-state index in [1.54, 1.807) is 0 Å². The average molecular weight is 334 g/mol. The zero-order valence-electron chi connectivity index (χ0n) is 14.6. The van der Waals surface area contributed by atoms with Crippen molar-refractivity contribution < 1.29 is 4.79 Å². The van der Waals surface area contributed by atoms with Crippen LogP contribution in [0.25, 0.3) is 11.0 Å². The van der Waals surface area contributed by atoms with E-state index in [1.807, 2.05) is 30.0 Å². The first-order valence-electron chi connectivity index (χ1n) is 8.71. The van der Waals surface area contributed by atoms with Gasteiger partial charge in [-0.15, -0.1) is 0 Å². The molecule has 1 aliphatic heterocycles. The number of nitrogens with zero attached hydrogens (tertiary/aromatic N) is 2. The summed E-state index contributed by atoms with van der Waals surface area (Å²) in [6.45, 7) is 5.58. The van der Waals surface area contributed by atoms with Crippen LogP contribution in [0.1, 0.15) is 29.8 Å². The Labute approximate surface area is 147 Å². The molecule has 1 aliphatic rings. The summed E-state index contributed by atoms with van der Waals surface area (Å²) in [5.74, 6) is 1.07. The van der Waals surface area contributed by atoms with Crippen LogP contribution in [0.5, 0.6) is 0 Å². The highest BCUT2D eigenvalue weighted by Crippen LogP contribution is 2.31. The number of benzene rings is 2. The quantitative estimate of drug-likeness (QED) is 0.760. The fourth-order valence-electron chi connectivity index (χ4n) is 3.44. The lowest BCUT2D eigenvalue weighted by Crippen LogP contribution is -2.23. The van der Waals surface area contributed by atoms with Gasteiger partial charge >= 0.3 is 0 Å². The van der Waals surface area contributed by atoms with Crippen molar-refractivity contribution in [2.24, 2.45) is 0 Å². The van der Waals surface area contributed by atoms with Crippen molar-refractivity contribution in [2.45, 2.75) is 33.2 Å². The lowest BCUT2D eigenvalue weighted by atomic mass is 10.1. The molecule has 2 heterocycles. The van der Waals surface area contributed by atoms with Gasteiger partial charge in [-0.1, -0.05) is 24.3 Å². The first kappa shape index (κ1) is 15.7. The molecule has 128 valence electrons. The monoisotopic (exact) mass is 334 g/mol. The first-order valence-corrected chi connectivity index (χ1v) is 8.71. The van der Waals surface area contributed by atoms with E-state index < -0.39 is 0 Å². The van der Waals surface area contributed by atoms with Gasteiger partial charge in [0.05, 0.1) is 11.2 Å². The number of aromatic nitrogens is 2. The van der Waals surface area contributed by atoms with Gasteiger partial charge in [0, 0.05) is 25.2 Å². The van der Waals surface area contributed by atoms with Gasteiger partial charge in [0.15, 0.2) is 0 Å². The molecular formula is C20H22N4O. The van der Waals surface area contributed by atoms with Crippen LogP contribution >= 0.6 is 0 Å². The van der Waals surface area contributed by atoms with Crippen LogP contribution in [-0.2, 0) is 11.3 Å². The smallest absolute Gasteiger partial charge is 0.227 e.